The van der Waals surface area contributed by atoms with Crippen LogP contribution in [0.15, 0.2) is 22.7 Å². The monoisotopic (exact) mass is 286 g/mol. The Kier molecular flexibility index (Phi) is 4.07. The smallest absolute Gasteiger partial charge is 0.174 e. The van der Waals surface area contributed by atoms with E-state index in [0.717, 1.165) is 35.4 Å². The van der Waals surface area contributed by atoms with Gasteiger partial charge >= 0.3 is 0 Å². The summed E-state index contributed by atoms with van der Waals surface area (Å²) in [6.45, 7) is 1.51. The largest absolute Gasteiger partial charge is 0.492 e. The number of ether oxygens (including phenoxy) is 3. The van der Waals surface area contributed by atoms with Gasteiger partial charge in [0.05, 0.1) is 18.2 Å². The molecule has 1 unspecified atom stereocenters. The van der Waals surface area contributed by atoms with E-state index in [1.54, 1.807) is 7.11 Å². The van der Waals surface area contributed by atoms with Gasteiger partial charge in [-0.2, -0.15) is 0 Å². The van der Waals surface area contributed by atoms with E-state index in [-0.39, 0.29) is 6.10 Å². The minimum Gasteiger partial charge on any atom is -0.492 e. The predicted molar refractivity (Wildman–Crippen MR) is 65.2 cm³/mol. The van der Waals surface area contributed by atoms with Gasteiger partial charge in [-0.3, -0.25) is 0 Å². The molecule has 1 aliphatic heterocycles. The molecule has 16 heavy (non-hydrogen) atoms. The fourth-order valence-corrected chi connectivity index (χ4v) is 2.27. The normalized spacial score (nSPS) is 20.5. The van der Waals surface area contributed by atoms with Gasteiger partial charge in [-0.25, -0.2) is 0 Å². The van der Waals surface area contributed by atoms with Gasteiger partial charge in [-0.05, 0) is 40.9 Å². The Morgan fingerprint density at radius 2 is 2.31 bits per heavy atom. The van der Waals surface area contributed by atoms with Crippen LogP contribution in [0.2, 0.25) is 0 Å². The van der Waals surface area contributed by atoms with Gasteiger partial charge in [-0.15, -0.1) is 0 Å². The number of para-hydroxylation sites is 1. The lowest BCUT2D eigenvalue weighted by atomic mass is 10.2. The highest BCUT2D eigenvalue weighted by Gasteiger charge is 2.18. The number of rotatable bonds is 3. The van der Waals surface area contributed by atoms with Crippen molar-refractivity contribution in [2.45, 2.75) is 18.9 Å². The second-order valence-corrected chi connectivity index (χ2v) is 4.58. The van der Waals surface area contributed by atoms with E-state index >= 15 is 0 Å². The summed E-state index contributed by atoms with van der Waals surface area (Å²) in [5.74, 6) is 1.51. The summed E-state index contributed by atoms with van der Waals surface area (Å²) in [6, 6.07) is 5.78. The number of hydrogen-bond acceptors (Lipinski definition) is 3. The first-order valence-electron chi connectivity index (χ1n) is 5.38. The molecule has 4 heteroatoms. The van der Waals surface area contributed by atoms with Crippen molar-refractivity contribution in [1.82, 2.24) is 0 Å². The van der Waals surface area contributed by atoms with Crippen molar-refractivity contribution in [2.24, 2.45) is 0 Å². The number of benzene rings is 1. The van der Waals surface area contributed by atoms with Gasteiger partial charge in [0.2, 0.25) is 0 Å². The molecule has 1 atom stereocenters. The quantitative estimate of drug-likeness (QED) is 0.855. The summed E-state index contributed by atoms with van der Waals surface area (Å²) in [5, 5.41) is 0. The summed E-state index contributed by atoms with van der Waals surface area (Å²) < 4.78 is 17.5. The van der Waals surface area contributed by atoms with Crippen LogP contribution in [-0.4, -0.2) is 26.4 Å². The molecule has 1 aliphatic rings. The number of hydrogen-bond donors (Lipinski definition) is 0. The van der Waals surface area contributed by atoms with Crippen LogP contribution in [-0.2, 0) is 4.74 Å². The maximum Gasteiger partial charge on any atom is 0.174 e. The highest BCUT2D eigenvalue weighted by Crippen LogP contribution is 2.35. The van der Waals surface area contributed by atoms with E-state index in [1.165, 1.54) is 0 Å². The lowest BCUT2D eigenvalue weighted by Gasteiger charge is -2.24. The molecule has 0 bridgehead atoms. The molecule has 1 saturated heterocycles. The number of methoxy groups -OCH3 is 1. The van der Waals surface area contributed by atoms with E-state index in [2.05, 4.69) is 15.9 Å². The molecule has 2 rings (SSSR count). The van der Waals surface area contributed by atoms with E-state index in [1.807, 2.05) is 18.2 Å². The minimum atomic E-state index is 0.136. The van der Waals surface area contributed by atoms with Crippen molar-refractivity contribution in [3.8, 4) is 11.5 Å². The van der Waals surface area contributed by atoms with Crippen LogP contribution in [0.25, 0.3) is 0 Å². The molecule has 0 aliphatic carbocycles. The molecular formula is C12H15BrO3. The first kappa shape index (κ1) is 11.7. The second-order valence-electron chi connectivity index (χ2n) is 3.73. The van der Waals surface area contributed by atoms with Crippen molar-refractivity contribution in [2.75, 3.05) is 20.3 Å². The van der Waals surface area contributed by atoms with Crippen molar-refractivity contribution in [3.63, 3.8) is 0 Å². The highest BCUT2D eigenvalue weighted by molar-refractivity contribution is 9.10. The van der Waals surface area contributed by atoms with Crippen LogP contribution in [0.1, 0.15) is 12.8 Å². The third-order valence-corrected chi connectivity index (χ3v) is 3.17. The molecule has 1 heterocycles. The zero-order valence-corrected chi connectivity index (χ0v) is 10.8. The highest BCUT2D eigenvalue weighted by atomic mass is 79.9. The molecule has 0 aromatic heterocycles. The Hall–Kier alpha value is -0.740. The van der Waals surface area contributed by atoms with Crippen molar-refractivity contribution in [1.29, 1.82) is 0 Å². The summed E-state index contributed by atoms with van der Waals surface area (Å²) in [6.07, 6.45) is 2.23. The van der Waals surface area contributed by atoms with Crippen molar-refractivity contribution >= 4 is 15.9 Å². The third kappa shape index (κ3) is 2.68. The lowest BCUT2D eigenvalue weighted by Crippen LogP contribution is -2.28. The molecule has 3 nitrogen and oxygen atoms in total. The van der Waals surface area contributed by atoms with Crippen LogP contribution < -0.4 is 9.47 Å². The Morgan fingerprint density at radius 1 is 1.44 bits per heavy atom. The Labute approximate surface area is 104 Å². The van der Waals surface area contributed by atoms with E-state index in [4.69, 9.17) is 14.2 Å². The first-order valence-corrected chi connectivity index (χ1v) is 6.17. The molecule has 0 saturated carbocycles. The van der Waals surface area contributed by atoms with Gasteiger partial charge in [0, 0.05) is 6.61 Å². The SMILES string of the molecule is COc1c(Br)cccc1OC1CCCOC1. The zero-order valence-electron chi connectivity index (χ0n) is 9.24. The second kappa shape index (κ2) is 5.55. The molecule has 1 fully saturated rings. The average molecular weight is 287 g/mol. The maximum absolute atomic E-state index is 5.88. The van der Waals surface area contributed by atoms with Crippen LogP contribution in [0.4, 0.5) is 0 Å². The van der Waals surface area contributed by atoms with Gasteiger partial charge in [-0.1, -0.05) is 6.07 Å². The molecule has 0 N–H and O–H groups in total. The summed E-state index contributed by atoms with van der Waals surface area (Å²) >= 11 is 3.44. The van der Waals surface area contributed by atoms with Crippen LogP contribution in [0, 0.1) is 0 Å². The van der Waals surface area contributed by atoms with Gasteiger partial charge in [0.25, 0.3) is 0 Å². The van der Waals surface area contributed by atoms with Crippen LogP contribution >= 0.6 is 15.9 Å². The molecule has 0 radical (unpaired) electrons. The van der Waals surface area contributed by atoms with E-state index < -0.39 is 0 Å². The average Bonchev–Trinajstić information content (AvgIpc) is 2.31. The summed E-state index contributed by atoms with van der Waals surface area (Å²) in [7, 11) is 1.64. The third-order valence-electron chi connectivity index (χ3n) is 2.55. The standard InChI is InChI=1S/C12H15BrO3/c1-14-12-10(13)5-2-6-11(12)16-9-4-3-7-15-8-9/h2,5-6,9H,3-4,7-8H2,1H3. The van der Waals surface area contributed by atoms with Gasteiger partial charge in [0.1, 0.15) is 6.10 Å². The molecule has 1 aromatic rings. The van der Waals surface area contributed by atoms with Crippen LogP contribution in [0.5, 0.6) is 11.5 Å². The fourth-order valence-electron chi connectivity index (χ4n) is 1.76. The molecule has 0 amide bonds. The molecular weight excluding hydrogens is 272 g/mol. The number of halogens is 1. The molecule has 1 aromatic carbocycles. The molecule has 0 spiro atoms. The van der Waals surface area contributed by atoms with Crippen LogP contribution in [0.3, 0.4) is 0 Å². The molecule has 88 valence electrons. The maximum atomic E-state index is 5.88. The summed E-state index contributed by atoms with van der Waals surface area (Å²) in [4.78, 5) is 0. The fraction of sp³-hybridized carbons (Fsp3) is 0.500. The Bertz CT molecular complexity index is 348. The first-order chi connectivity index (χ1) is 7.81. The van der Waals surface area contributed by atoms with Crippen molar-refractivity contribution < 1.29 is 14.2 Å². The van der Waals surface area contributed by atoms with Crippen molar-refractivity contribution in [3.05, 3.63) is 22.7 Å². The zero-order chi connectivity index (χ0) is 11.4. The topological polar surface area (TPSA) is 27.7 Å². The Morgan fingerprint density at radius 3 is 3.00 bits per heavy atom. The Balaban J connectivity index is 2.10. The van der Waals surface area contributed by atoms with Gasteiger partial charge in [0.15, 0.2) is 11.5 Å². The predicted octanol–water partition coefficient (Wildman–Crippen LogP) is 3.02. The van der Waals surface area contributed by atoms with E-state index in [9.17, 15) is 0 Å². The minimum absolute atomic E-state index is 0.136. The summed E-state index contributed by atoms with van der Waals surface area (Å²) in [5.41, 5.74) is 0. The van der Waals surface area contributed by atoms with E-state index in [0.29, 0.717) is 6.61 Å². The van der Waals surface area contributed by atoms with Gasteiger partial charge < -0.3 is 14.2 Å². The lowest BCUT2D eigenvalue weighted by molar-refractivity contribution is 0.00640.